The van der Waals surface area contributed by atoms with Gasteiger partial charge in [-0.1, -0.05) is 6.92 Å². The van der Waals surface area contributed by atoms with Gasteiger partial charge in [-0.3, -0.25) is 0 Å². The van der Waals surface area contributed by atoms with Crippen LogP contribution in [0.15, 0.2) is 11.2 Å². The highest BCUT2D eigenvalue weighted by atomic mass is 32.2. The van der Waals surface area contributed by atoms with Crippen molar-refractivity contribution in [1.82, 2.24) is 19.6 Å². The molecule has 0 amide bonds. The Balaban J connectivity index is 2.48. The average Bonchev–Trinajstić information content (AvgIpc) is 2.75. The molecule has 0 saturated carbocycles. The van der Waals surface area contributed by atoms with Gasteiger partial charge in [-0.15, -0.1) is 0 Å². The lowest BCUT2D eigenvalue weighted by Crippen LogP contribution is -2.37. The number of H-pyrrole nitrogens is 1. The van der Waals surface area contributed by atoms with Gasteiger partial charge in [0.1, 0.15) is 5.82 Å². The largest absolute Gasteiger partial charge is 0.332 e. The van der Waals surface area contributed by atoms with Crippen LogP contribution in [0.1, 0.15) is 26.1 Å². The first kappa shape index (κ1) is 15.1. The molecule has 18 heavy (non-hydrogen) atoms. The molecule has 1 rings (SSSR count). The number of rotatable bonds is 7. The van der Waals surface area contributed by atoms with Gasteiger partial charge in [0.05, 0.1) is 6.20 Å². The number of aromatic amines is 1. The Morgan fingerprint density at radius 2 is 2.22 bits per heavy atom. The van der Waals surface area contributed by atoms with E-state index in [1.807, 2.05) is 7.05 Å². The van der Waals surface area contributed by atoms with E-state index in [4.69, 9.17) is 0 Å². The third kappa shape index (κ3) is 4.08. The Morgan fingerprint density at radius 1 is 1.56 bits per heavy atom. The Morgan fingerprint density at radius 3 is 2.72 bits per heavy atom. The maximum Gasteiger partial charge on any atom is 0.257 e. The van der Waals surface area contributed by atoms with Crippen LogP contribution in [0.4, 0.5) is 0 Å². The number of sulfonamides is 1. The summed E-state index contributed by atoms with van der Waals surface area (Å²) in [4.78, 5) is 8.72. The molecular formula is C11H22N4O2S. The Bertz CT molecular complexity index is 469. The van der Waals surface area contributed by atoms with Crippen molar-refractivity contribution in [3.63, 3.8) is 0 Å². The van der Waals surface area contributed by atoms with Gasteiger partial charge in [-0.05, 0) is 27.3 Å². The first-order chi connectivity index (χ1) is 8.36. The van der Waals surface area contributed by atoms with Gasteiger partial charge in [0.15, 0.2) is 5.03 Å². The normalized spacial score (nSPS) is 14.1. The van der Waals surface area contributed by atoms with E-state index in [0.717, 1.165) is 6.42 Å². The number of hydrogen-bond donors (Lipinski definition) is 2. The predicted molar refractivity (Wildman–Crippen MR) is 70.9 cm³/mol. The second-order valence-electron chi connectivity index (χ2n) is 4.47. The van der Waals surface area contributed by atoms with Crippen molar-refractivity contribution in [2.75, 3.05) is 20.1 Å². The summed E-state index contributed by atoms with van der Waals surface area (Å²) in [6.45, 7) is 7.02. The third-order valence-electron chi connectivity index (χ3n) is 3.07. The van der Waals surface area contributed by atoms with Crippen LogP contribution in [0.2, 0.25) is 0 Å². The number of nitrogens with zero attached hydrogens (tertiary/aromatic N) is 2. The average molecular weight is 274 g/mol. The molecule has 1 unspecified atom stereocenters. The molecule has 1 atom stereocenters. The molecule has 7 heteroatoms. The lowest BCUT2D eigenvalue weighted by atomic mass is 10.2. The number of likely N-dealkylation sites (N-methyl/N-ethyl adjacent to an activating group) is 1. The Kier molecular flexibility index (Phi) is 5.30. The van der Waals surface area contributed by atoms with Crippen LogP contribution < -0.4 is 4.72 Å². The van der Waals surface area contributed by atoms with E-state index in [-0.39, 0.29) is 5.03 Å². The molecule has 0 aliphatic carbocycles. The fraction of sp³-hybridized carbons (Fsp3) is 0.727. The summed E-state index contributed by atoms with van der Waals surface area (Å²) in [5.74, 6) is 0.590. The van der Waals surface area contributed by atoms with Crippen LogP contribution in [-0.2, 0) is 10.0 Å². The quantitative estimate of drug-likeness (QED) is 0.768. The summed E-state index contributed by atoms with van der Waals surface area (Å²) in [5.41, 5.74) is 0. The van der Waals surface area contributed by atoms with E-state index < -0.39 is 10.0 Å². The minimum absolute atomic E-state index is 0.117. The maximum absolute atomic E-state index is 11.9. The standard InChI is InChI=1S/C11H22N4O2S/c1-5-9(2)15(4)7-6-13-18(16,17)11-8-12-10(3)14-11/h8-9,13H,5-7H2,1-4H3,(H,12,14). The molecule has 104 valence electrons. The Hall–Kier alpha value is -0.920. The minimum Gasteiger partial charge on any atom is -0.332 e. The van der Waals surface area contributed by atoms with E-state index in [2.05, 4.69) is 33.4 Å². The molecule has 1 aromatic rings. The van der Waals surface area contributed by atoms with Crippen molar-refractivity contribution < 1.29 is 8.42 Å². The maximum atomic E-state index is 11.9. The molecule has 2 N–H and O–H groups in total. The molecule has 0 aromatic carbocycles. The van der Waals surface area contributed by atoms with E-state index in [9.17, 15) is 8.42 Å². The van der Waals surface area contributed by atoms with Crippen molar-refractivity contribution in [1.29, 1.82) is 0 Å². The zero-order chi connectivity index (χ0) is 13.8. The lowest BCUT2D eigenvalue weighted by Gasteiger charge is -2.23. The van der Waals surface area contributed by atoms with Crippen LogP contribution in [0.3, 0.4) is 0 Å². The van der Waals surface area contributed by atoms with E-state index in [1.54, 1.807) is 6.92 Å². The monoisotopic (exact) mass is 274 g/mol. The van der Waals surface area contributed by atoms with Gasteiger partial charge in [-0.2, -0.15) is 0 Å². The first-order valence-electron chi connectivity index (χ1n) is 6.08. The Labute approximate surface area is 109 Å². The molecule has 0 spiro atoms. The second kappa shape index (κ2) is 6.31. The summed E-state index contributed by atoms with van der Waals surface area (Å²) in [6, 6.07) is 0.448. The van der Waals surface area contributed by atoms with Crippen LogP contribution in [0.5, 0.6) is 0 Å². The van der Waals surface area contributed by atoms with Crippen LogP contribution in [0, 0.1) is 6.92 Å². The summed E-state index contributed by atoms with van der Waals surface area (Å²) in [7, 11) is -1.47. The topological polar surface area (TPSA) is 78.1 Å². The number of aryl methyl sites for hydroxylation is 1. The number of aromatic nitrogens is 2. The molecule has 0 aliphatic heterocycles. The zero-order valence-corrected chi connectivity index (χ0v) is 12.2. The van der Waals surface area contributed by atoms with Gasteiger partial charge in [0.2, 0.25) is 0 Å². The van der Waals surface area contributed by atoms with Crippen LogP contribution >= 0.6 is 0 Å². The van der Waals surface area contributed by atoms with Gasteiger partial charge in [0, 0.05) is 19.1 Å². The summed E-state index contributed by atoms with van der Waals surface area (Å²) < 4.78 is 26.3. The molecule has 6 nitrogen and oxygen atoms in total. The van der Waals surface area contributed by atoms with E-state index in [0.29, 0.717) is 25.0 Å². The SMILES string of the molecule is CCC(C)N(C)CCNS(=O)(=O)c1cnc(C)[nH]1. The summed E-state index contributed by atoms with van der Waals surface area (Å²) in [5, 5.41) is 0.117. The van der Waals surface area contributed by atoms with Crippen molar-refractivity contribution in [2.45, 2.75) is 38.3 Å². The second-order valence-corrected chi connectivity index (χ2v) is 6.20. The minimum atomic E-state index is -3.46. The van der Waals surface area contributed by atoms with Crippen molar-refractivity contribution >= 4 is 10.0 Å². The smallest absolute Gasteiger partial charge is 0.257 e. The molecule has 0 fully saturated rings. The highest BCUT2D eigenvalue weighted by Gasteiger charge is 2.16. The van der Waals surface area contributed by atoms with Crippen molar-refractivity contribution in [3.05, 3.63) is 12.0 Å². The van der Waals surface area contributed by atoms with Gasteiger partial charge < -0.3 is 9.88 Å². The van der Waals surface area contributed by atoms with E-state index >= 15 is 0 Å². The zero-order valence-electron chi connectivity index (χ0n) is 11.4. The number of hydrogen-bond acceptors (Lipinski definition) is 4. The predicted octanol–water partition coefficient (Wildman–Crippen LogP) is 0.727. The molecule has 0 bridgehead atoms. The number of nitrogens with one attached hydrogen (secondary N) is 2. The first-order valence-corrected chi connectivity index (χ1v) is 7.56. The fourth-order valence-electron chi connectivity index (χ4n) is 1.50. The third-order valence-corrected chi connectivity index (χ3v) is 4.44. The summed E-state index contributed by atoms with van der Waals surface area (Å²) in [6.07, 6.45) is 2.37. The van der Waals surface area contributed by atoms with Crippen LogP contribution in [-0.4, -0.2) is 49.5 Å². The highest BCUT2D eigenvalue weighted by Crippen LogP contribution is 2.04. The van der Waals surface area contributed by atoms with E-state index in [1.165, 1.54) is 6.20 Å². The molecule has 0 saturated heterocycles. The number of imidazole rings is 1. The molecular weight excluding hydrogens is 252 g/mol. The van der Waals surface area contributed by atoms with Gasteiger partial charge >= 0.3 is 0 Å². The van der Waals surface area contributed by atoms with Crippen molar-refractivity contribution in [3.8, 4) is 0 Å². The molecule has 1 heterocycles. The van der Waals surface area contributed by atoms with Gasteiger partial charge in [-0.25, -0.2) is 18.1 Å². The van der Waals surface area contributed by atoms with Crippen molar-refractivity contribution in [2.24, 2.45) is 0 Å². The summed E-state index contributed by atoms with van der Waals surface area (Å²) >= 11 is 0. The lowest BCUT2D eigenvalue weighted by molar-refractivity contribution is 0.256. The van der Waals surface area contributed by atoms with Crippen LogP contribution in [0.25, 0.3) is 0 Å². The highest BCUT2D eigenvalue weighted by molar-refractivity contribution is 7.89. The molecule has 0 aliphatic rings. The van der Waals surface area contributed by atoms with Gasteiger partial charge in [0.25, 0.3) is 10.0 Å². The molecule has 0 radical (unpaired) electrons. The fourth-order valence-corrected chi connectivity index (χ4v) is 2.49. The molecule has 1 aromatic heterocycles.